The van der Waals surface area contributed by atoms with Crippen LogP contribution < -0.4 is 14.8 Å². The highest BCUT2D eigenvalue weighted by atomic mass is 16.5. The second kappa shape index (κ2) is 10.3. The second-order valence-corrected chi connectivity index (χ2v) is 4.83. The molecule has 0 unspecified atom stereocenters. The fourth-order valence-electron chi connectivity index (χ4n) is 2.11. The molecule has 1 aromatic rings. The lowest BCUT2D eigenvalue weighted by Gasteiger charge is -2.10. The Balaban J connectivity index is 2.20. The zero-order valence-corrected chi connectivity index (χ0v) is 12.8. The van der Waals surface area contributed by atoms with Crippen molar-refractivity contribution in [1.29, 1.82) is 0 Å². The summed E-state index contributed by atoms with van der Waals surface area (Å²) in [6.45, 7) is 5.82. The summed E-state index contributed by atoms with van der Waals surface area (Å²) in [5.74, 6) is 1.58. The monoisotopic (exact) mass is 277 g/mol. The molecule has 0 bridgehead atoms. The zero-order chi connectivity index (χ0) is 14.6. The van der Waals surface area contributed by atoms with Crippen LogP contribution >= 0.6 is 0 Å². The Morgan fingerprint density at radius 3 is 2.55 bits per heavy atom. The maximum atomic E-state index is 5.31. The number of ether oxygens (including phenoxy) is 2. The molecule has 0 aromatic heterocycles. The first kappa shape index (κ1) is 16.6. The van der Waals surface area contributed by atoms with Crippen molar-refractivity contribution >= 4 is 0 Å². The molecular weight excluding hydrogens is 250 g/mol. The van der Waals surface area contributed by atoms with Crippen LogP contribution in [0.5, 0.6) is 11.5 Å². The molecular formula is C17H27NO2. The van der Waals surface area contributed by atoms with Crippen molar-refractivity contribution in [2.24, 2.45) is 0 Å². The topological polar surface area (TPSA) is 30.5 Å². The van der Waals surface area contributed by atoms with Crippen molar-refractivity contribution < 1.29 is 9.47 Å². The Hall–Kier alpha value is -1.48. The van der Waals surface area contributed by atoms with Crippen LogP contribution in [-0.4, -0.2) is 27.3 Å². The summed E-state index contributed by atoms with van der Waals surface area (Å²) < 4.78 is 10.5. The Bertz CT molecular complexity index is 391. The van der Waals surface area contributed by atoms with Gasteiger partial charge < -0.3 is 14.8 Å². The highest BCUT2D eigenvalue weighted by Crippen LogP contribution is 2.27. The van der Waals surface area contributed by atoms with Gasteiger partial charge in [0.05, 0.1) is 14.2 Å². The van der Waals surface area contributed by atoms with Crippen molar-refractivity contribution in [1.82, 2.24) is 5.32 Å². The van der Waals surface area contributed by atoms with Gasteiger partial charge in [-0.15, -0.1) is 6.58 Å². The first-order valence-corrected chi connectivity index (χ1v) is 7.34. The average molecular weight is 277 g/mol. The number of hydrogen-bond donors (Lipinski definition) is 1. The smallest absolute Gasteiger partial charge is 0.160 e. The van der Waals surface area contributed by atoms with E-state index in [2.05, 4.69) is 18.0 Å². The molecule has 0 amide bonds. The van der Waals surface area contributed by atoms with Crippen molar-refractivity contribution in [2.45, 2.75) is 32.1 Å². The second-order valence-electron chi connectivity index (χ2n) is 4.83. The van der Waals surface area contributed by atoms with Crippen molar-refractivity contribution in [3.8, 4) is 11.5 Å². The normalized spacial score (nSPS) is 10.3. The average Bonchev–Trinajstić information content (AvgIpc) is 2.49. The van der Waals surface area contributed by atoms with Gasteiger partial charge in [0.25, 0.3) is 0 Å². The van der Waals surface area contributed by atoms with Gasteiger partial charge in [-0.25, -0.2) is 0 Å². The van der Waals surface area contributed by atoms with Crippen LogP contribution in [0, 0.1) is 0 Å². The molecule has 0 saturated heterocycles. The number of rotatable bonds is 11. The lowest BCUT2D eigenvalue weighted by molar-refractivity contribution is 0.354. The number of allylic oxidation sites excluding steroid dienone is 1. The minimum absolute atomic E-state index is 0.784. The van der Waals surface area contributed by atoms with E-state index >= 15 is 0 Å². The molecule has 1 aromatic carbocycles. The molecule has 0 fully saturated rings. The third-order valence-electron chi connectivity index (χ3n) is 3.30. The third-order valence-corrected chi connectivity index (χ3v) is 3.30. The van der Waals surface area contributed by atoms with E-state index in [0.717, 1.165) is 37.4 Å². The lowest BCUT2D eigenvalue weighted by atomic mass is 10.1. The molecule has 0 spiro atoms. The van der Waals surface area contributed by atoms with E-state index in [-0.39, 0.29) is 0 Å². The van der Waals surface area contributed by atoms with Gasteiger partial charge in [-0.1, -0.05) is 18.6 Å². The minimum Gasteiger partial charge on any atom is -0.493 e. The predicted molar refractivity (Wildman–Crippen MR) is 84.8 cm³/mol. The standard InChI is InChI=1S/C17H27NO2/c1-4-5-6-7-8-12-18-13-11-15-9-10-16(19-2)17(14-15)20-3/h4,9-10,14,18H,1,5-8,11-13H2,2-3H3. The molecule has 1 N–H and O–H groups in total. The highest BCUT2D eigenvalue weighted by molar-refractivity contribution is 5.42. The molecule has 112 valence electrons. The van der Waals surface area contributed by atoms with Gasteiger partial charge in [-0.05, 0) is 56.5 Å². The Morgan fingerprint density at radius 2 is 1.85 bits per heavy atom. The largest absolute Gasteiger partial charge is 0.493 e. The van der Waals surface area contributed by atoms with Crippen LogP contribution in [0.2, 0.25) is 0 Å². The van der Waals surface area contributed by atoms with Crippen LogP contribution in [0.15, 0.2) is 30.9 Å². The van der Waals surface area contributed by atoms with E-state index in [1.54, 1.807) is 14.2 Å². The maximum Gasteiger partial charge on any atom is 0.160 e. The van der Waals surface area contributed by atoms with Gasteiger partial charge in [0.15, 0.2) is 11.5 Å². The lowest BCUT2D eigenvalue weighted by Crippen LogP contribution is -2.18. The van der Waals surface area contributed by atoms with E-state index in [9.17, 15) is 0 Å². The molecule has 0 aliphatic rings. The van der Waals surface area contributed by atoms with Crippen molar-refractivity contribution in [3.63, 3.8) is 0 Å². The van der Waals surface area contributed by atoms with Gasteiger partial charge in [0.1, 0.15) is 0 Å². The number of unbranched alkanes of at least 4 members (excludes halogenated alkanes) is 3. The summed E-state index contributed by atoms with van der Waals surface area (Å²) in [7, 11) is 3.33. The Labute approximate surface area is 123 Å². The molecule has 0 atom stereocenters. The quantitative estimate of drug-likeness (QED) is 0.495. The molecule has 20 heavy (non-hydrogen) atoms. The Kier molecular flexibility index (Phi) is 8.56. The SMILES string of the molecule is C=CCCCCCNCCc1ccc(OC)c(OC)c1. The van der Waals surface area contributed by atoms with Crippen LogP contribution in [-0.2, 0) is 6.42 Å². The van der Waals surface area contributed by atoms with Crippen molar-refractivity contribution in [2.75, 3.05) is 27.3 Å². The maximum absolute atomic E-state index is 5.31. The summed E-state index contributed by atoms with van der Waals surface area (Å²) in [5.41, 5.74) is 1.27. The zero-order valence-electron chi connectivity index (χ0n) is 12.8. The number of nitrogens with one attached hydrogen (secondary N) is 1. The van der Waals surface area contributed by atoms with Gasteiger partial charge in [0, 0.05) is 0 Å². The molecule has 0 heterocycles. The summed E-state index contributed by atoms with van der Waals surface area (Å²) in [5, 5.41) is 3.48. The molecule has 0 saturated carbocycles. The van der Waals surface area contributed by atoms with E-state index in [0.29, 0.717) is 0 Å². The summed E-state index contributed by atoms with van der Waals surface area (Å²) in [6, 6.07) is 6.10. The van der Waals surface area contributed by atoms with Gasteiger partial charge >= 0.3 is 0 Å². The van der Waals surface area contributed by atoms with Gasteiger partial charge in [-0.3, -0.25) is 0 Å². The third kappa shape index (κ3) is 6.11. The molecule has 0 aliphatic heterocycles. The first-order valence-electron chi connectivity index (χ1n) is 7.34. The minimum atomic E-state index is 0.784. The predicted octanol–water partition coefficient (Wildman–Crippen LogP) is 3.58. The molecule has 0 radical (unpaired) electrons. The van der Waals surface area contributed by atoms with Crippen LogP contribution in [0.25, 0.3) is 0 Å². The van der Waals surface area contributed by atoms with Crippen LogP contribution in [0.1, 0.15) is 31.2 Å². The van der Waals surface area contributed by atoms with Gasteiger partial charge in [-0.2, -0.15) is 0 Å². The molecule has 3 heteroatoms. The molecule has 0 aliphatic carbocycles. The first-order chi connectivity index (χ1) is 9.81. The van der Waals surface area contributed by atoms with E-state index in [4.69, 9.17) is 9.47 Å². The Morgan fingerprint density at radius 1 is 1.05 bits per heavy atom. The van der Waals surface area contributed by atoms with Crippen LogP contribution in [0.3, 0.4) is 0 Å². The van der Waals surface area contributed by atoms with Crippen molar-refractivity contribution in [3.05, 3.63) is 36.4 Å². The number of methoxy groups -OCH3 is 2. The summed E-state index contributed by atoms with van der Waals surface area (Å²) >= 11 is 0. The summed E-state index contributed by atoms with van der Waals surface area (Å²) in [4.78, 5) is 0. The van der Waals surface area contributed by atoms with E-state index < -0.39 is 0 Å². The summed E-state index contributed by atoms with van der Waals surface area (Å²) in [6.07, 6.45) is 7.89. The van der Waals surface area contributed by atoms with Crippen LogP contribution in [0.4, 0.5) is 0 Å². The van der Waals surface area contributed by atoms with E-state index in [1.807, 2.05) is 18.2 Å². The highest BCUT2D eigenvalue weighted by Gasteiger charge is 2.03. The molecule has 3 nitrogen and oxygen atoms in total. The number of benzene rings is 1. The fraction of sp³-hybridized carbons (Fsp3) is 0.529. The fourth-order valence-corrected chi connectivity index (χ4v) is 2.11. The molecule has 1 rings (SSSR count). The number of hydrogen-bond acceptors (Lipinski definition) is 3. The van der Waals surface area contributed by atoms with E-state index in [1.165, 1.54) is 24.8 Å². The van der Waals surface area contributed by atoms with Gasteiger partial charge in [0.2, 0.25) is 0 Å².